The van der Waals surface area contributed by atoms with Crippen LogP contribution in [0.2, 0.25) is 0 Å². The van der Waals surface area contributed by atoms with Crippen molar-refractivity contribution < 1.29 is 4.74 Å². The second kappa shape index (κ2) is 23.9. The minimum atomic E-state index is 0.708. The van der Waals surface area contributed by atoms with Crippen LogP contribution in [0.5, 0.6) is 0 Å². The molecule has 26 heavy (non-hydrogen) atoms. The maximum atomic E-state index is 5.62. The van der Waals surface area contributed by atoms with Crippen LogP contribution in [-0.4, -0.2) is 118 Å². The average Bonchev–Trinajstić information content (AvgIpc) is 2.66. The van der Waals surface area contributed by atoms with Gasteiger partial charge in [-0.25, -0.2) is 0 Å². The third-order valence-corrected chi connectivity index (χ3v) is 5.03. The molecule has 0 aromatic rings. The molecule has 2 saturated heterocycles. The fraction of sp³-hybridized carbons (Fsp3) is 1.00. The number of ether oxygens (including phenoxy) is 1. The number of hydrogen-bond acceptors (Lipinski definition) is 5. The Hall–Kier alpha value is 0.860. The summed E-state index contributed by atoms with van der Waals surface area (Å²) in [6.07, 6.45) is 0. The highest BCUT2D eigenvalue weighted by atomic mass is 79.9. The zero-order valence-electron chi connectivity index (χ0n) is 17.3. The third kappa shape index (κ3) is 22.9. The molecule has 0 spiro atoms. The maximum Gasteiger partial charge on any atom is 0.0437 e. The SMILES string of the molecule is CCOCC.CN1CCN(CCCl)CC1.CN1CCNCC1.ClCCBr. The van der Waals surface area contributed by atoms with E-state index in [-0.39, 0.29) is 0 Å². The summed E-state index contributed by atoms with van der Waals surface area (Å²) in [6.45, 7) is 16.2. The van der Waals surface area contributed by atoms with E-state index in [1.165, 1.54) is 39.3 Å². The van der Waals surface area contributed by atoms with Gasteiger partial charge in [-0.3, -0.25) is 4.90 Å². The Morgan fingerprint density at radius 3 is 1.58 bits per heavy atom. The van der Waals surface area contributed by atoms with E-state index in [1.807, 2.05) is 13.8 Å². The zero-order chi connectivity index (χ0) is 20.0. The van der Waals surface area contributed by atoms with Gasteiger partial charge in [-0.05, 0) is 27.9 Å². The Kier molecular flexibility index (Phi) is 26.7. The summed E-state index contributed by atoms with van der Waals surface area (Å²) in [7, 11) is 4.32. The molecule has 5 nitrogen and oxygen atoms in total. The van der Waals surface area contributed by atoms with Crippen LogP contribution in [0.4, 0.5) is 0 Å². The van der Waals surface area contributed by atoms with E-state index in [1.54, 1.807) is 0 Å². The van der Waals surface area contributed by atoms with Crippen LogP contribution in [-0.2, 0) is 4.74 Å². The van der Waals surface area contributed by atoms with E-state index in [4.69, 9.17) is 27.9 Å². The summed E-state index contributed by atoms with van der Waals surface area (Å²) < 4.78 is 4.83. The van der Waals surface area contributed by atoms with Crippen molar-refractivity contribution in [3.63, 3.8) is 0 Å². The van der Waals surface area contributed by atoms with E-state index >= 15 is 0 Å². The molecule has 0 unspecified atom stereocenters. The molecule has 2 aliphatic rings. The van der Waals surface area contributed by atoms with Crippen LogP contribution < -0.4 is 5.32 Å². The number of halogens is 3. The van der Waals surface area contributed by atoms with E-state index < -0.39 is 0 Å². The van der Waals surface area contributed by atoms with Crippen molar-refractivity contribution in [3.8, 4) is 0 Å². The molecule has 1 N–H and O–H groups in total. The van der Waals surface area contributed by atoms with Crippen molar-refractivity contribution in [2.75, 3.05) is 103 Å². The lowest BCUT2D eigenvalue weighted by Gasteiger charge is -2.31. The van der Waals surface area contributed by atoms with Gasteiger partial charge < -0.3 is 19.9 Å². The maximum absolute atomic E-state index is 5.62. The minimum absolute atomic E-state index is 0.708. The van der Waals surface area contributed by atoms with Gasteiger partial charge in [0.1, 0.15) is 0 Å². The molecular weight excluding hydrogens is 439 g/mol. The van der Waals surface area contributed by atoms with Gasteiger partial charge in [-0.1, -0.05) is 15.9 Å². The lowest BCUT2D eigenvalue weighted by atomic mass is 10.3. The molecule has 160 valence electrons. The van der Waals surface area contributed by atoms with Gasteiger partial charge >= 0.3 is 0 Å². The average molecular weight is 480 g/mol. The van der Waals surface area contributed by atoms with Crippen LogP contribution in [0, 0.1) is 0 Å². The van der Waals surface area contributed by atoms with Crippen LogP contribution in [0.1, 0.15) is 13.8 Å². The van der Waals surface area contributed by atoms with Crippen molar-refractivity contribution in [1.29, 1.82) is 0 Å². The minimum Gasteiger partial charge on any atom is -0.382 e. The topological polar surface area (TPSA) is 31.0 Å². The van der Waals surface area contributed by atoms with Gasteiger partial charge in [-0.15, -0.1) is 23.2 Å². The molecule has 0 bridgehead atoms. The number of nitrogens with one attached hydrogen (secondary N) is 1. The standard InChI is InChI=1S/C7H15ClN2.C5H12N2.C4H10O.C2H4BrCl/c1-9-4-6-10(3-2-8)7-5-9;1-7-4-2-6-3-5-7;1-3-5-4-2;3-1-2-4/h2-7H2,1H3;6H,2-5H2,1H3;3-4H2,1-2H3;1-2H2. The molecule has 0 amide bonds. The first-order valence-electron chi connectivity index (χ1n) is 9.61. The van der Waals surface area contributed by atoms with E-state index in [9.17, 15) is 0 Å². The Morgan fingerprint density at radius 1 is 0.846 bits per heavy atom. The predicted octanol–water partition coefficient (Wildman–Crippen LogP) is 2.66. The lowest BCUT2D eigenvalue weighted by Crippen LogP contribution is -2.44. The van der Waals surface area contributed by atoms with E-state index in [2.05, 4.69) is 50.0 Å². The highest BCUT2D eigenvalue weighted by Gasteiger charge is 2.11. The monoisotopic (exact) mass is 478 g/mol. The number of hydrogen-bond donors (Lipinski definition) is 1. The molecule has 2 rings (SSSR count). The zero-order valence-corrected chi connectivity index (χ0v) is 20.4. The highest BCUT2D eigenvalue weighted by Crippen LogP contribution is 1.98. The van der Waals surface area contributed by atoms with Gasteiger partial charge in [0.25, 0.3) is 0 Å². The fourth-order valence-electron chi connectivity index (χ4n) is 2.17. The molecule has 2 fully saturated rings. The molecule has 0 aromatic carbocycles. The van der Waals surface area contributed by atoms with Crippen molar-refractivity contribution in [2.24, 2.45) is 0 Å². The Bertz CT molecular complexity index is 251. The van der Waals surface area contributed by atoms with Crippen molar-refractivity contribution in [2.45, 2.75) is 13.8 Å². The van der Waals surface area contributed by atoms with E-state index in [0.717, 1.165) is 44.1 Å². The van der Waals surface area contributed by atoms with Crippen LogP contribution >= 0.6 is 39.1 Å². The molecule has 0 aromatic heterocycles. The number of likely N-dealkylation sites (N-methyl/N-ethyl adjacent to an activating group) is 2. The summed E-state index contributed by atoms with van der Waals surface area (Å²) in [6, 6.07) is 0. The second-order valence-electron chi connectivity index (χ2n) is 6.05. The van der Waals surface area contributed by atoms with Crippen LogP contribution in [0.15, 0.2) is 0 Å². The van der Waals surface area contributed by atoms with Crippen LogP contribution in [0.25, 0.3) is 0 Å². The van der Waals surface area contributed by atoms with Crippen molar-refractivity contribution in [3.05, 3.63) is 0 Å². The first kappa shape index (κ1) is 29.1. The summed E-state index contributed by atoms with van der Waals surface area (Å²) in [4.78, 5) is 7.09. The third-order valence-electron chi connectivity index (χ3n) is 3.82. The molecule has 2 heterocycles. The Labute approximate surface area is 180 Å². The smallest absolute Gasteiger partial charge is 0.0437 e. The quantitative estimate of drug-likeness (QED) is 0.612. The molecular formula is C18H41BrCl2N4O. The highest BCUT2D eigenvalue weighted by molar-refractivity contribution is 9.09. The Balaban J connectivity index is 0. The number of rotatable bonds is 5. The largest absolute Gasteiger partial charge is 0.382 e. The molecule has 0 aliphatic carbocycles. The van der Waals surface area contributed by atoms with Gasteiger partial charge in [0, 0.05) is 89.2 Å². The van der Waals surface area contributed by atoms with Gasteiger partial charge in [-0.2, -0.15) is 0 Å². The van der Waals surface area contributed by atoms with Gasteiger partial charge in [0.2, 0.25) is 0 Å². The normalized spacial score (nSPS) is 18.6. The van der Waals surface area contributed by atoms with Crippen LogP contribution in [0.3, 0.4) is 0 Å². The predicted molar refractivity (Wildman–Crippen MR) is 122 cm³/mol. The van der Waals surface area contributed by atoms with Crippen molar-refractivity contribution >= 4 is 39.1 Å². The summed E-state index contributed by atoms with van der Waals surface area (Å²) >= 11 is 13.9. The molecule has 0 radical (unpaired) electrons. The van der Waals surface area contributed by atoms with E-state index in [0.29, 0.717) is 5.88 Å². The number of piperazine rings is 2. The first-order chi connectivity index (χ1) is 12.5. The summed E-state index contributed by atoms with van der Waals surface area (Å²) in [5.74, 6) is 1.48. The number of alkyl halides is 3. The summed E-state index contributed by atoms with van der Waals surface area (Å²) in [5.41, 5.74) is 0. The fourth-order valence-corrected chi connectivity index (χ4v) is 2.41. The second-order valence-corrected chi connectivity index (χ2v) is 7.60. The van der Waals surface area contributed by atoms with Gasteiger partial charge in [0.05, 0.1) is 0 Å². The molecule has 0 saturated carbocycles. The molecule has 2 aliphatic heterocycles. The summed E-state index contributed by atoms with van der Waals surface area (Å²) in [5, 5.41) is 4.17. The number of nitrogens with zero attached hydrogens (tertiary/aromatic N) is 3. The first-order valence-corrected chi connectivity index (χ1v) is 11.8. The Morgan fingerprint density at radius 2 is 1.31 bits per heavy atom. The molecule has 8 heteroatoms. The molecule has 0 atom stereocenters. The van der Waals surface area contributed by atoms with Gasteiger partial charge in [0.15, 0.2) is 0 Å². The lowest BCUT2D eigenvalue weighted by molar-refractivity contribution is 0.161. The van der Waals surface area contributed by atoms with Crippen molar-refractivity contribution in [1.82, 2.24) is 20.0 Å².